The molecule has 0 amide bonds. The van der Waals surface area contributed by atoms with Crippen LogP contribution in [0.2, 0.25) is 0 Å². The molecule has 1 N–H and O–H groups in total. The van der Waals surface area contributed by atoms with Gasteiger partial charge in [0, 0.05) is 6.42 Å². The van der Waals surface area contributed by atoms with E-state index in [0.717, 1.165) is 44.9 Å². The molecule has 2 bridgehead atoms. The zero-order valence-corrected chi connectivity index (χ0v) is 17.8. The first kappa shape index (κ1) is 21.6. The van der Waals surface area contributed by atoms with Crippen LogP contribution in [-0.4, -0.2) is 17.8 Å². The van der Waals surface area contributed by atoms with Gasteiger partial charge in [0.25, 0.3) is 0 Å². The Labute approximate surface area is 174 Å². The summed E-state index contributed by atoms with van der Waals surface area (Å²) in [6, 6.07) is 6.71. The lowest BCUT2D eigenvalue weighted by molar-refractivity contribution is -0.306. The molecule has 2 saturated heterocycles. The molecule has 1 saturated carbocycles. The number of nitrogens with zero attached hydrogens (tertiary/aromatic N) is 3. The predicted molar refractivity (Wildman–Crippen MR) is 107 cm³/mol. The van der Waals surface area contributed by atoms with E-state index in [0.29, 0.717) is 18.8 Å². The van der Waals surface area contributed by atoms with Gasteiger partial charge in [-0.15, -0.1) is 0 Å². The van der Waals surface area contributed by atoms with E-state index >= 15 is 0 Å². The lowest BCUT2D eigenvalue weighted by Gasteiger charge is -2.54. The molecule has 1 aliphatic carbocycles. The minimum absolute atomic E-state index is 0.0253. The van der Waals surface area contributed by atoms with E-state index in [4.69, 9.17) is 14.9 Å². The molecule has 6 unspecified atom stereocenters. The summed E-state index contributed by atoms with van der Waals surface area (Å²) < 4.78 is 12.6. The van der Waals surface area contributed by atoms with Gasteiger partial charge in [0.1, 0.15) is 0 Å². The molecule has 3 aliphatic rings. The lowest BCUT2D eigenvalue weighted by atomic mass is 9.49. The highest BCUT2D eigenvalue weighted by atomic mass is 16.7. The molecule has 6 heteroatoms. The van der Waals surface area contributed by atoms with Crippen LogP contribution in [0.25, 0.3) is 0 Å². The van der Waals surface area contributed by atoms with Gasteiger partial charge in [-0.05, 0) is 31.1 Å². The topological polar surface area (TPSA) is 114 Å². The molecule has 2 aliphatic heterocycles. The minimum Gasteiger partial charge on any atom is -0.447 e. The molecule has 0 aromatic heterocycles. The number of rotatable bonds is 7. The van der Waals surface area contributed by atoms with Crippen LogP contribution in [0.1, 0.15) is 78.6 Å². The van der Waals surface area contributed by atoms with Gasteiger partial charge in [-0.1, -0.05) is 52.9 Å². The first-order chi connectivity index (χ1) is 13.9. The van der Waals surface area contributed by atoms with Crippen LogP contribution >= 0.6 is 0 Å². The first-order valence-corrected chi connectivity index (χ1v) is 11.1. The van der Waals surface area contributed by atoms with Crippen molar-refractivity contribution in [2.75, 3.05) is 0 Å². The summed E-state index contributed by atoms with van der Waals surface area (Å²) in [7, 11) is 0. The van der Waals surface area contributed by atoms with Gasteiger partial charge >= 0.3 is 0 Å². The fourth-order valence-corrected chi connectivity index (χ4v) is 6.10. The van der Waals surface area contributed by atoms with Crippen LogP contribution in [0, 0.1) is 68.0 Å². The van der Waals surface area contributed by atoms with Gasteiger partial charge in [-0.3, -0.25) is 5.41 Å². The van der Waals surface area contributed by atoms with Crippen LogP contribution in [0.5, 0.6) is 0 Å². The highest BCUT2D eigenvalue weighted by Crippen LogP contribution is 2.68. The van der Waals surface area contributed by atoms with E-state index in [2.05, 4.69) is 32.1 Å². The molecule has 6 atom stereocenters. The maximum absolute atomic E-state index is 10.4. The number of ether oxygens (including phenoxy) is 2. The van der Waals surface area contributed by atoms with Gasteiger partial charge in [0.2, 0.25) is 11.7 Å². The largest absolute Gasteiger partial charge is 0.447 e. The van der Waals surface area contributed by atoms with Crippen molar-refractivity contribution >= 4 is 5.90 Å². The van der Waals surface area contributed by atoms with Crippen LogP contribution in [0.4, 0.5) is 0 Å². The second-order valence-corrected chi connectivity index (χ2v) is 9.03. The van der Waals surface area contributed by atoms with Gasteiger partial charge in [0.15, 0.2) is 10.8 Å². The quantitative estimate of drug-likeness (QED) is 0.645. The Kier molecular flexibility index (Phi) is 5.93. The third-order valence-electron chi connectivity index (χ3n) is 7.64. The Balaban J connectivity index is 2.15. The fraction of sp³-hybridized carbons (Fsp3) is 0.826. The molecule has 29 heavy (non-hydrogen) atoms. The van der Waals surface area contributed by atoms with E-state index in [-0.39, 0.29) is 11.8 Å². The number of nitriles is 3. The van der Waals surface area contributed by atoms with Gasteiger partial charge in [-0.2, -0.15) is 15.8 Å². The van der Waals surface area contributed by atoms with E-state index in [1.54, 1.807) is 0 Å². The molecule has 0 radical (unpaired) electrons. The Morgan fingerprint density at radius 1 is 1.14 bits per heavy atom. The smallest absolute Gasteiger partial charge is 0.217 e. The molecule has 2 heterocycles. The van der Waals surface area contributed by atoms with Gasteiger partial charge < -0.3 is 9.47 Å². The Morgan fingerprint density at radius 2 is 1.86 bits per heavy atom. The van der Waals surface area contributed by atoms with Crippen molar-refractivity contribution in [1.82, 2.24) is 0 Å². The SMILES string of the molecule is CCCCC(CC)C1OC23CCC(CCC)CC2C(C#N)(C(=N)O3)C1(C#N)C#N. The molecule has 0 spiro atoms. The molecule has 3 fully saturated rings. The average molecular weight is 397 g/mol. The molecule has 3 rings (SSSR count). The summed E-state index contributed by atoms with van der Waals surface area (Å²) in [5.74, 6) is -1.35. The highest BCUT2D eigenvalue weighted by molar-refractivity contribution is 5.89. The van der Waals surface area contributed by atoms with Crippen molar-refractivity contribution in [3.05, 3.63) is 0 Å². The zero-order valence-electron chi connectivity index (χ0n) is 17.8. The summed E-state index contributed by atoms with van der Waals surface area (Å²) in [6.07, 6.45) is 7.11. The fourth-order valence-electron chi connectivity index (χ4n) is 6.10. The van der Waals surface area contributed by atoms with Crippen molar-refractivity contribution in [3.8, 4) is 18.2 Å². The molecular weight excluding hydrogens is 364 g/mol. The van der Waals surface area contributed by atoms with Crippen molar-refractivity contribution in [2.24, 2.45) is 28.6 Å². The zero-order chi connectivity index (χ0) is 21.3. The standard InChI is InChI=1S/C23H32N4O2/c1-4-7-9-17(6-3)19-21(13-24,14-25)22(15-26)18-12-16(8-5-2)10-11-23(18,28-19)29-20(22)27/h16-19,27H,4-12H2,1-3H3. The van der Waals surface area contributed by atoms with E-state index in [1.165, 1.54) is 0 Å². The molecule has 156 valence electrons. The average Bonchev–Trinajstić information content (AvgIpc) is 2.93. The first-order valence-electron chi connectivity index (χ1n) is 11.1. The Hall–Kier alpha value is -2.10. The Bertz CT molecular complexity index is 761. The predicted octanol–water partition coefficient (Wildman–Crippen LogP) is 5.07. The number of hydrogen-bond donors (Lipinski definition) is 1. The summed E-state index contributed by atoms with van der Waals surface area (Å²) in [4.78, 5) is 0. The maximum atomic E-state index is 10.4. The molecule has 0 aromatic carbocycles. The molecule has 6 nitrogen and oxygen atoms in total. The van der Waals surface area contributed by atoms with Gasteiger partial charge in [0.05, 0.1) is 30.2 Å². The lowest BCUT2D eigenvalue weighted by Crippen LogP contribution is -2.65. The van der Waals surface area contributed by atoms with Crippen molar-refractivity contribution in [2.45, 2.75) is 90.4 Å². The summed E-state index contributed by atoms with van der Waals surface area (Å²) >= 11 is 0. The van der Waals surface area contributed by atoms with Crippen molar-refractivity contribution in [1.29, 1.82) is 21.2 Å². The van der Waals surface area contributed by atoms with E-state index < -0.39 is 28.6 Å². The van der Waals surface area contributed by atoms with Crippen LogP contribution in [0.3, 0.4) is 0 Å². The van der Waals surface area contributed by atoms with Crippen LogP contribution in [0.15, 0.2) is 0 Å². The summed E-state index contributed by atoms with van der Waals surface area (Å²) in [5.41, 5.74) is -3.29. The second kappa shape index (κ2) is 7.97. The normalized spacial score (nSPS) is 38.1. The van der Waals surface area contributed by atoms with Crippen LogP contribution < -0.4 is 0 Å². The van der Waals surface area contributed by atoms with Crippen LogP contribution in [-0.2, 0) is 9.47 Å². The highest BCUT2D eigenvalue weighted by Gasteiger charge is 2.81. The number of nitrogens with one attached hydrogen (secondary N) is 1. The number of hydrogen-bond acceptors (Lipinski definition) is 6. The monoisotopic (exact) mass is 396 g/mol. The molecular formula is C23H32N4O2. The summed E-state index contributed by atoms with van der Waals surface area (Å²) in [6.45, 7) is 6.29. The Morgan fingerprint density at radius 3 is 2.41 bits per heavy atom. The van der Waals surface area contributed by atoms with Crippen molar-refractivity contribution < 1.29 is 9.47 Å². The second-order valence-electron chi connectivity index (χ2n) is 9.03. The van der Waals surface area contributed by atoms with Gasteiger partial charge in [-0.25, -0.2) is 0 Å². The number of unbranched alkanes of at least 4 members (excludes halogenated alkanes) is 1. The van der Waals surface area contributed by atoms with E-state index in [9.17, 15) is 15.8 Å². The van der Waals surface area contributed by atoms with E-state index in [1.807, 2.05) is 6.92 Å². The third-order valence-corrected chi connectivity index (χ3v) is 7.64. The molecule has 0 aromatic rings. The van der Waals surface area contributed by atoms with Crippen molar-refractivity contribution in [3.63, 3.8) is 0 Å². The third kappa shape index (κ3) is 2.78. The minimum atomic E-state index is -1.73. The maximum Gasteiger partial charge on any atom is 0.217 e. The summed E-state index contributed by atoms with van der Waals surface area (Å²) in [5, 5.41) is 39.7.